The highest BCUT2D eigenvalue weighted by atomic mass is 35.5. The normalized spacial score (nSPS) is 27.6. The summed E-state index contributed by atoms with van der Waals surface area (Å²) in [6, 6.07) is 8.30. The predicted molar refractivity (Wildman–Crippen MR) is 84.3 cm³/mol. The van der Waals surface area contributed by atoms with Crippen molar-refractivity contribution in [1.82, 2.24) is 4.37 Å². The number of aromatic nitrogens is 1. The van der Waals surface area contributed by atoms with Gasteiger partial charge in [0, 0.05) is 11.3 Å². The molecule has 0 amide bonds. The highest BCUT2D eigenvalue weighted by Gasteiger charge is 2.34. The zero-order valence-electron chi connectivity index (χ0n) is 11.2. The van der Waals surface area contributed by atoms with Crippen molar-refractivity contribution in [3.8, 4) is 0 Å². The molecule has 1 N–H and O–H groups in total. The minimum atomic E-state index is 0.0589. The van der Waals surface area contributed by atoms with Gasteiger partial charge in [0.25, 0.3) is 0 Å². The molecule has 0 spiro atoms. The Labute approximate surface area is 123 Å². The minimum Gasteiger partial charge on any atom is -0.369 e. The van der Waals surface area contributed by atoms with Crippen molar-refractivity contribution < 1.29 is 0 Å². The van der Waals surface area contributed by atoms with E-state index in [1.165, 1.54) is 23.2 Å². The Balaban J connectivity index is 1.86. The maximum atomic E-state index is 6.27. The van der Waals surface area contributed by atoms with Gasteiger partial charge in [0.05, 0.1) is 11.1 Å². The van der Waals surface area contributed by atoms with Gasteiger partial charge < -0.3 is 5.32 Å². The summed E-state index contributed by atoms with van der Waals surface area (Å²) in [5.41, 5.74) is 1.13. The third-order valence-electron chi connectivity index (χ3n) is 4.25. The van der Waals surface area contributed by atoms with Crippen LogP contribution < -0.4 is 5.32 Å². The number of hydrogen-bond donors (Lipinski definition) is 1. The molecule has 0 bridgehead atoms. The van der Waals surface area contributed by atoms with E-state index in [0.717, 1.165) is 24.3 Å². The van der Waals surface area contributed by atoms with Crippen molar-refractivity contribution in [3.63, 3.8) is 0 Å². The van der Waals surface area contributed by atoms with Crippen LogP contribution in [0.5, 0.6) is 0 Å². The van der Waals surface area contributed by atoms with Gasteiger partial charge in [-0.1, -0.05) is 19.1 Å². The van der Waals surface area contributed by atoms with Crippen molar-refractivity contribution in [2.24, 2.45) is 5.92 Å². The Morgan fingerprint density at radius 1 is 1.37 bits per heavy atom. The van der Waals surface area contributed by atoms with Gasteiger partial charge in [0.2, 0.25) is 0 Å². The van der Waals surface area contributed by atoms with Crippen LogP contribution in [0.15, 0.2) is 24.3 Å². The number of nitrogens with one attached hydrogen (secondary N) is 1. The second-order valence-corrected chi connectivity index (χ2v) is 6.79. The fourth-order valence-corrected chi connectivity index (χ4v) is 4.04. The first kappa shape index (κ1) is 13.2. The van der Waals surface area contributed by atoms with E-state index >= 15 is 0 Å². The fraction of sp³-hybridized carbons (Fsp3) is 0.533. The van der Waals surface area contributed by atoms with E-state index in [-0.39, 0.29) is 5.54 Å². The highest BCUT2D eigenvalue weighted by molar-refractivity contribution is 7.11. The summed E-state index contributed by atoms with van der Waals surface area (Å²) in [6.45, 7) is 2.33. The number of fused-ring (bicyclic) bond motifs is 1. The molecular weight excluding hydrogens is 276 g/mol. The minimum absolute atomic E-state index is 0.0589. The lowest BCUT2D eigenvalue weighted by atomic mass is 9.78. The molecule has 0 unspecified atom stereocenters. The lowest BCUT2D eigenvalue weighted by molar-refractivity contribution is 0.287. The topological polar surface area (TPSA) is 24.9 Å². The standard InChI is InChI=1S/C15H19ClN2S/c1-11-6-8-15(10-16,9-7-11)17-14-12-4-2-3-5-13(12)18-19-14/h2-5,11,17H,6-10H2,1H3. The van der Waals surface area contributed by atoms with Crippen LogP contribution in [-0.4, -0.2) is 15.8 Å². The average molecular weight is 295 g/mol. The predicted octanol–water partition coefficient (Wildman–Crippen LogP) is 4.90. The first-order valence-corrected chi connectivity index (χ1v) is 8.22. The van der Waals surface area contributed by atoms with Crippen molar-refractivity contribution in [2.75, 3.05) is 11.2 Å². The molecule has 2 nitrogen and oxygen atoms in total. The Bertz CT molecular complexity index is 558. The molecule has 2 aromatic rings. The highest BCUT2D eigenvalue weighted by Crippen LogP contribution is 2.38. The molecule has 1 saturated carbocycles. The van der Waals surface area contributed by atoms with Crippen LogP contribution in [0, 0.1) is 5.92 Å². The summed E-state index contributed by atoms with van der Waals surface area (Å²) in [5.74, 6) is 1.50. The molecule has 0 atom stereocenters. The van der Waals surface area contributed by atoms with Crippen LogP contribution in [0.3, 0.4) is 0 Å². The summed E-state index contributed by atoms with van der Waals surface area (Å²) in [7, 11) is 0. The molecule has 1 fully saturated rings. The quantitative estimate of drug-likeness (QED) is 0.815. The van der Waals surface area contributed by atoms with Crippen molar-refractivity contribution in [1.29, 1.82) is 0 Å². The summed E-state index contributed by atoms with van der Waals surface area (Å²) in [6.07, 6.45) is 4.83. The zero-order chi connectivity index (χ0) is 13.3. The summed E-state index contributed by atoms with van der Waals surface area (Å²) >= 11 is 7.83. The monoisotopic (exact) mass is 294 g/mol. The van der Waals surface area contributed by atoms with Gasteiger partial charge in [0.15, 0.2) is 0 Å². The third-order valence-corrected chi connectivity index (χ3v) is 5.55. The van der Waals surface area contributed by atoms with Crippen LogP contribution in [-0.2, 0) is 0 Å². The number of alkyl halides is 1. The van der Waals surface area contributed by atoms with Crippen LogP contribution >= 0.6 is 23.1 Å². The van der Waals surface area contributed by atoms with E-state index in [4.69, 9.17) is 11.6 Å². The summed E-state index contributed by atoms with van der Waals surface area (Å²) in [4.78, 5) is 0. The summed E-state index contributed by atoms with van der Waals surface area (Å²) in [5, 5.41) is 6.10. The fourth-order valence-electron chi connectivity index (χ4n) is 2.83. The van der Waals surface area contributed by atoms with Crippen molar-refractivity contribution in [3.05, 3.63) is 24.3 Å². The van der Waals surface area contributed by atoms with Gasteiger partial charge in [-0.05, 0) is 55.3 Å². The van der Waals surface area contributed by atoms with Crippen molar-refractivity contribution in [2.45, 2.75) is 38.1 Å². The van der Waals surface area contributed by atoms with Gasteiger partial charge in [0.1, 0.15) is 5.00 Å². The summed E-state index contributed by atoms with van der Waals surface area (Å²) < 4.78 is 4.50. The number of benzene rings is 1. The smallest absolute Gasteiger partial charge is 0.117 e. The largest absolute Gasteiger partial charge is 0.369 e. The van der Waals surface area contributed by atoms with Gasteiger partial charge in [-0.2, -0.15) is 4.37 Å². The second kappa shape index (κ2) is 5.29. The van der Waals surface area contributed by atoms with Crippen LogP contribution in [0.1, 0.15) is 32.6 Å². The van der Waals surface area contributed by atoms with Crippen LogP contribution in [0.2, 0.25) is 0 Å². The van der Waals surface area contributed by atoms with Crippen LogP contribution in [0.4, 0.5) is 5.00 Å². The Morgan fingerprint density at radius 2 is 2.11 bits per heavy atom. The molecule has 1 heterocycles. The molecule has 3 rings (SSSR count). The number of anilines is 1. The maximum Gasteiger partial charge on any atom is 0.117 e. The SMILES string of the molecule is CC1CCC(CCl)(Nc2snc3ccccc23)CC1. The average Bonchev–Trinajstić information content (AvgIpc) is 2.85. The molecule has 1 aliphatic rings. The van der Waals surface area contributed by atoms with E-state index in [2.05, 4.69) is 34.8 Å². The lowest BCUT2D eigenvalue weighted by Crippen LogP contribution is -2.43. The van der Waals surface area contributed by atoms with Gasteiger partial charge in [-0.3, -0.25) is 0 Å². The molecule has 0 aliphatic heterocycles. The van der Waals surface area contributed by atoms with E-state index < -0.39 is 0 Å². The Morgan fingerprint density at radius 3 is 2.84 bits per heavy atom. The molecule has 102 valence electrons. The molecule has 4 heteroatoms. The molecule has 0 saturated heterocycles. The Hall–Kier alpha value is -0.800. The van der Waals surface area contributed by atoms with E-state index in [1.54, 1.807) is 11.5 Å². The molecule has 0 radical (unpaired) electrons. The van der Waals surface area contributed by atoms with E-state index in [0.29, 0.717) is 5.88 Å². The number of halogens is 1. The van der Waals surface area contributed by atoms with Crippen molar-refractivity contribution >= 4 is 39.0 Å². The lowest BCUT2D eigenvalue weighted by Gasteiger charge is -2.39. The first-order chi connectivity index (χ1) is 9.22. The number of rotatable bonds is 3. The van der Waals surface area contributed by atoms with Gasteiger partial charge in [-0.15, -0.1) is 11.6 Å². The third kappa shape index (κ3) is 2.59. The van der Waals surface area contributed by atoms with E-state index in [1.807, 2.05) is 6.07 Å². The second-order valence-electron chi connectivity index (χ2n) is 5.75. The first-order valence-electron chi connectivity index (χ1n) is 6.91. The molecule has 1 aromatic carbocycles. The van der Waals surface area contributed by atoms with Gasteiger partial charge >= 0.3 is 0 Å². The number of nitrogens with zero attached hydrogens (tertiary/aromatic N) is 1. The zero-order valence-corrected chi connectivity index (χ0v) is 12.7. The van der Waals surface area contributed by atoms with Gasteiger partial charge in [-0.25, -0.2) is 0 Å². The Kier molecular flexibility index (Phi) is 3.68. The number of hydrogen-bond acceptors (Lipinski definition) is 3. The molecular formula is C15H19ClN2S. The maximum absolute atomic E-state index is 6.27. The van der Waals surface area contributed by atoms with E-state index in [9.17, 15) is 0 Å². The molecule has 1 aromatic heterocycles. The van der Waals surface area contributed by atoms with Crippen LogP contribution in [0.25, 0.3) is 10.9 Å². The molecule has 1 aliphatic carbocycles. The molecule has 19 heavy (non-hydrogen) atoms.